The van der Waals surface area contributed by atoms with Crippen LogP contribution in [0.5, 0.6) is 0 Å². The molecule has 0 bridgehead atoms. The fraction of sp³-hybridized carbons (Fsp3) is 0.722. The van der Waals surface area contributed by atoms with Crippen molar-refractivity contribution in [3.63, 3.8) is 0 Å². The van der Waals surface area contributed by atoms with Crippen LogP contribution >= 0.6 is 11.3 Å². The number of nitrogens with one attached hydrogen (secondary N) is 1. The second-order valence-electron chi connectivity index (χ2n) is 7.93. The highest BCUT2D eigenvalue weighted by Gasteiger charge is 2.60. The van der Waals surface area contributed by atoms with Crippen molar-refractivity contribution in [1.29, 1.82) is 0 Å². The predicted octanol–water partition coefficient (Wildman–Crippen LogP) is 2.82. The molecule has 2 heterocycles. The van der Waals surface area contributed by atoms with Crippen LogP contribution in [0, 0.1) is 24.2 Å². The van der Waals surface area contributed by atoms with E-state index in [-0.39, 0.29) is 5.92 Å². The zero-order valence-electron chi connectivity index (χ0n) is 15.6. The molecule has 2 unspecified atom stereocenters. The smallest absolute Gasteiger partial charge is 0.475 e. The standard InChI is InChI=1S/C16H23N3OS.C2HF3O2/c1-11-18-13(9-21-11)8-19-5-4-16(10-19)6-14(16)15(20)17-7-12-2-3-12;3-2(4,5)1(6)7/h9,12,14H,2-8,10H2,1H3,(H,17,20);(H,6,7). The predicted molar refractivity (Wildman–Crippen MR) is 96.7 cm³/mol. The lowest BCUT2D eigenvalue weighted by Gasteiger charge is -2.14. The number of aromatic nitrogens is 1. The molecular formula is C18H24F3N3O3S. The Balaban J connectivity index is 0.000000279. The molecule has 2 aliphatic carbocycles. The number of nitrogens with zero attached hydrogens (tertiary/aromatic N) is 2. The second kappa shape index (κ2) is 7.98. The van der Waals surface area contributed by atoms with Gasteiger partial charge >= 0.3 is 12.1 Å². The van der Waals surface area contributed by atoms with Gasteiger partial charge in [-0.05, 0) is 50.5 Å². The lowest BCUT2D eigenvalue weighted by Crippen LogP contribution is -2.30. The highest BCUT2D eigenvalue weighted by atomic mass is 32.1. The van der Waals surface area contributed by atoms with E-state index in [0.29, 0.717) is 11.3 Å². The number of carbonyl (C=O) groups excluding carboxylic acids is 1. The number of carbonyl (C=O) groups is 2. The minimum atomic E-state index is -5.08. The number of aryl methyl sites for hydroxylation is 1. The summed E-state index contributed by atoms with van der Waals surface area (Å²) in [5.74, 6) is -1.39. The van der Waals surface area contributed by atoms with Gasteiger partial charge in [-0.15, -0.1) is 11.3 Å². The average molecular weight is 419 g/mol. The molecule has 156 valence electrons. The fourth-order valence-electron chi connectivity index (χ4n) is 3.69. The van der Waals surface area contributed by atoms with Gasteiger partial charge in [-0.2, -0.15) is 13.2 Å². The first-order chi connectivity index (χ1) is 13.1. The Bertz CT molecular complexity index is 735. The van der Waals surface area contributed by atoms with Crippen molar-refractivity contribution in [3.05, 3.63) is 16.1 Å². The van der Waals surface area contributed by atoms with E-state index in [1.807, 2.05) is 0 Å². The lowest BCUT2D eigenvalue weighted by molar-refractivity contribution is -0.192. The number of rotatable bonds is 5. The van der Waals surface area contributed by atoms with E-state index in [4.69, 9.17) is 9.90 Å². The fourth-order valence-corrected chi connectivity index (χ4v) is 4.29. The Hall–Kier alpha value is -1.68. The van der Waals surface area contributed by atoms with Crippen LogP contribution in [0.3, 0.4) is 0 Å². The summed E-state index contributed by atoms with van der Waals surface area (Å²) in [6, 6.07) is 0. The van der Waals surface area contributed by atoms with Crippen LogP contribution in [-0.2, 0) is 16.1 Å². The molecule has 3 aliphatic rings. The minimum absolute atomic E-state index is 0.276. The Kier molecular flexibility index (Phi) is 6.00. The normalized spacial score (nSPS) is 26.6. The first kappa shape index (κ1) is 21.0. The topological polar surface area (TPSA) is 82.5 Å². The molecule has 2 N–H and O–H groups in total. The van der Waals surface area contributed by atoms with Crippen LogP contribution in [0.25, 0.3) is 0 Å². The molecule has 4 rings (SSSR count). The average Bonchev–Trinajstić information content (AvgIpc) is 3.47. The third kappa shape index (κ3) is 5.44. The number of thiazole rings is 1. The van der Waals surface area contributed by atoms with Gasteiger partial charge in [0.25, 0.3) is 0 Å². The van der Waals surface area contributed by atoms with Gasteiger partial charge in [0, 0.05) is 30.9 Å². The number of carboxylic acid groups (broad SMARTS) is 1. The van der Waals surface area contributed by atoms with Crippen LogP contribution in [0.2, 0.25) is 0 Å². The zero-order valence-corrected chi connectivity index (χ0v) is 16.4. The van der Waals surface area contributed by atoms with Crippen molar-refractivity contribution < 1.29 is 27.9 Å². The summed E-state index contributed by atoms with van der Waals surface area (Å²) in [5.41, 5.74) is 1.48. The van der Waals surface area contributed by atoms with E-state index in [2.05, 4.69) is 27.5 Å². The maximum atomic E-state index is 12.2. The Morgan fingerprint density at radius 2 is 2.11 bits per heavy atom. The van der Waals surface area contributed by atoms with Crippen LogP contribution in [0.1, 0.15) is 36.4 Å². The molecule has 2 atom stereocenters. The summed E-state index contributed by atoms with van der Waals surface area (Å²) >= 11 is 1.72. The van der Waals surface area contributed by atoms with Gasteiger partial charge in [0.1, 0.15) is 0 Å². The maximum absolute atomic E-state index is 12.2. The summed E-state index contributed by atoms with van der Waals surface area (Å²) in [4.78, 5) is 28.1. The molecule has 28 heavy (non-hydrogen) atoms. The summed E-state index contributed by atoms with van der Waals surface area (Å²) in [5, 5.41) is 13.6. The van der Waals surface area contributed by atoms with E-state index in [1.54, 1.807) is 11.3 Å². The molecule has 2 saturated carbocycles. The van der Waals surface area contributed by atoms with Gasteiger partial charge in [-0.25, -0.2) is 9.78 Å². The van der Waals surface area contributed by atoms with Gasteiger partial charge in [0.15, 0.2) is 0 Å². The van der Waals surface area contributed by atoms with Crippen molar-refractivity contribution in [2.75, 3.05) is 19.6 Å². The van der Waals surface area contributed by atoms with Crippen molar-refractivity contribution in [1.82, 2.24) is 15.2 Å². The largest absolute Gasteiger partial charge is 0.490 e. The Labute approximate surface area is 165 Å². The Morgan fingerprint density at radius 3 is 2.64 bits per heavy atom. The summed E-state index contributed by atoms with van der Waals surface area (Å²) in [6.45, 7) is 6.10. The van der Waals surface area contributed by atoms with Gasteiger partial charge in [-0.1, -0.05) is 0 Å². The van der Waals surface area contributed by atoms with E-state index >= 15 is 0 Å². The number of hydrogen-bond donors (Lipinski definition) is 2. The first-order valence-electron chi connectivity index (χ1n) is 9.30. The van der Waals surface area contributed by atoms with Gasteiger partial charge in [-0.3, -0.25) is 9.69 Å². The monoisotopic (exact) mass is 419 g/mol. The molecule has 1 saturated heterocycles. The van der Waals surface area contributed by atoms with Gasteiger partial charge in [0.2, 0.25) is 5.91 Å². The number of aliphatic carboxylic acids is 1. The molecular weight excluding hydrogens is 395 g/mol. The quantitative estimate of drug-likeness (QED) is 0.767. The summed E-state index contributed by atoms with van der Waals surface area (Å²) < 4.78 is 31.7. The van der Waals surface area contributed by atoms with Crippen molar-refractivity contribution >= 4 is 23.2 Å². The molecule has 1 aliphatic heterocycles. The summed E-state index contributed by atoms with van der Waals surface area (Å²) in [7, 11) is 0. The zero-order chi connectivity index (χ0) is 20.5. The molecule has 10 heteroatoms. The van der Waals surface area contributed by atoms with E-state index in [1.165, 1.54) is 25.0 Å². The highest BCUT2D eigenvalue weighted by Crippen LogP contribution is 2.58. The number of alkyl halides is 3. The molecule has 0 aromatic carbocycles. The molecule has 1 aromatic rings. The van der Waals surface area contributed by atoms with Crippen LogP contribution in [0.4, 0.5) is 13.2 Å². The lowest BCUT2D eigenvalue weighted by atomic mass is 10.0. The number of hydrogen-bond acceptors (Lipinski definition) is 5. The number of likely N-dealkylation sites (tertiary alicyclic amines) is 1. The number of halogens is 3. The second-order valence-corrected chi connectivity index (χ2v) is 8.99. The van der Waals surface area contributed by atoms with Gasteiger partial charge in [0.05, 0.1) is 10.7 Å². The summed E-state index contributed by atoms with van der Waals surface area (Å²) in [6.07, 6.45) is -0.207. The minimum Gasteiger partial charge on any atom is -0.475 e. The van der Waals surface area contributed by atoms with Gasteiger partial charge < -0.3 is 10.4 Å². The maximum Gasteiger partial charge on any atom is 0.490 e. The SMILES string of the molecule is Cc1nc(CN2CCC3(CC3C(=O)NCC3CC3)C2)cs1.O=C(O)C(F)(F)F. The van der Waals surface area contributed by atoms with Crippen molar-refractivity contribution in [2.45, 2.75) is 45.3 Å². The molecule has 3 fully saturated rings. The molecule has 1 aromatic heterocycles. The first-order valence-corrected chi connectivity index (χ1v) is 10.2. The molecule has 1 spiro atoms. The third-order valence-electron chi connectivity index (χ3n) is 5.53. The Morgan fingerprint density at radius 1 is 1.43 bits per heavy atom. The molecule has 0 radical (unpaired) electrons. The highest BCUT2D eigenvalue weighted by molar-refractivity contribution is 7.09. The molecule has 6 nitrogen and oxygen atoms in total. The molecule has 1 amide bonds. The van der Waals surface area contributed by atoms with E-state index in [9.17, 15) is 18.0 Å². The number of carboxylic acids is 1. The van der Waals surface area contributed by atoms with Crippen LogP contribution < -0.4 is 5.32 Å². The number of amides is 1. The van der Waals surface area contributed by atoms with Crippen LogP contribution in [-0.4, -0.2) is 52.7 Å². The van der Waals surface area contributed by atoms with E-state index < -0.39 is 12.1 Å². The van der Waals surface area contributed by atoms with Crippen molar-refractivity contribution in [3.8, 4) is 0 Å². The van der Waals surface area contributed by atoms with Crippen LogP contribution in [0.15, 0.2) is 5.38 Å². The third-order valence-corrected chi connectivity index (χ3v) is 6.35. The van der Waals surface area contributed by atoms with E-state index in [0.717, 1.165) is 43.5 Å². The van der Waals surface area contributed by atoms with Crippen molar-refractivity contribution in [2.24, 2.45) is 17.3 Å².